The normalized spacial score (nSPS) is 15.3. The van der Waals surface area contributed by atoms with Gasteiger partial charge in [0.25, 0.3) is 56.6 Å². The van der Waals surface area contributed by atoms with Crippen LogP contribution < -0.4 is 20.6 Å². The summed E-state index contributed by atoms with van der Waals surface area (Å²) < 4.78 is 28.9. The number of pyridine rings is 4. The molecule has 4 radical (unpaired) electrons. The van der Waals surface area contributed by atoms with Crippen LogP contribution in [0.5, 0.6) is 11.5 Å². The second kappa shape index (κ2) is 30.4. The van der Waals surface area contributed by atoms with Crippen LogP contribution >= 0.6 is 0 Å². The van der Waals surface area contributed by atoms with Gasteiger partial charge in [0, 0.05) is 79.5 Å². The number of cyclic esters (lactones) is 2. The average molecular weight is 1650 g/mol. The van der Waals surface area contributed by atoms with Crippen LogP contribution in [0.1, 0.15) is 82.3 Å². The summed E-state index contributed by atoms with van der Waals surface area (Å²) in [5.74, 6) is -6.00. The second-order valence-electron chi connectivity index (χ2n) is 26.6. The third-order valence-electron chi connectivity index (χ3n) is 19.9. The first-order valence-electron chi connectivity index (χ1n) is 34.5. The minimum atomic E-state index is -2.22. The van der Waals surface area contributed by atoms with Crippen LogP contribution in [0.15, 0.2) is 129 Å². The minimum absolute atomic E-state index is 0.00463. The van der Waals surface area contributed by atoms with Gasteiger partial charge < -0.3 is 52.7 Å². The van der Waals surface area contributed by atoms with Crippen molar-refractivity contribution in [2.45, 2.75) is 64.2 Å². The molecule has 49 heteroatoms. The zero-order valence-corrected chi connectivity index (χ0v) is 61.0. The number of aliphatic hydroxyl groups is 1. The van der Waals surface area contributed by atoms with E-state index in [-0.39, 0.29) is 76.4 Å². The van der Waals surface area contributed by atoms with E-state index in [1.807, 2.05) is 6.07 Å². The van der Waals surface area contributed by atoms with Crippen LogP contribution in [0.2, 0.25) is 0 Å². The molecule has 604 valence electrons. The lowest BCUT2D eigenvalue weighted by Crippen LogP contribution is -2.48. The van der Waals surface area contributed by atoms with Gasteiger partial charge in [0.2, 0.25) is 46.2 Å². The predicted octanol–water partition coefficient (Wildman–Crippen LogP) is 8.28. The molecule has 6 aliphatic rings. The maximum Gasteiger partial charge on any atom is 0.355 e. The molecular formula is C72H42B2N14O33. The number of esters is 3. The fourth-order valence-electron chi connectivity index (χ4n) is 14.7. The van der Waals surface area contributed by atoms with E-state index >= 15 is 0 Å². The molecule has 47 nitrogen and oxygen atoms in total. The van der Waals surface area contributed by atoms with Crippen molar-refractivity contribution in [1.29, 1.82) is 0 Å². The van der Waals surface area contributed by atoms with Gasteiger partial charge in [0.05, 0.1) is 144 Å². The zero-order chi connectivity index (χ0) is 87.2. The Bertz CT molecular complexity index is 6580. The van der Waals surface area contributed by atoms with Gasteiger partial charge in [-0.05, 0) is 73.5 Å². The Morgan fingerprint density at radius 3 is 1.20 bits per heavy atom. The van der Waals surface area contributed by atoms with Gasteiger partial charge in [0.15, 0.2) is 5.60 Å². The number of rotatable bonds is 19. The first-order chi connectivity index (χ1) is 57.4. The zero-order valence-electron chi connectivity index (χ0n) is 61.0. The lowest BCUT2D eigenvalue weighted by atomic mass is 9.85. The largest absolute Gasteiger partial charge is 0.479 e. The van der Waals surface area contributed by atoms with Crippen LogP contribution in [0, 0.1) is 80.9 Å². The standard InChI is InChI=1S/C36H20BN7O16.C21H15BN2O6.C15H7N5O11/c1-2-36(23-11-27-31-16(12-40(27)33(46)22(23)13-57-34(36)47)5-15-6-19(59-35(37)48)3-4-24(15)38-31)60-28(45)14-58-39-32-20-7-17(41(49)50)9-25(43(53)54)29(20)30-21(32)8-18(42(51)52)10-26(30)44(55)56;1-2-21(28)14-7-16-17-11(8-24(16)18(25)13(14)9-29-19(21)26)5-10-6-12(30-20(22)27)3-4-15(10)23-17;21-12(22)5-31-16-15-8-1-6(17(23)24)3-10(19(27)28)13(8)14-9(15)2-7(18(25)26)4-11(14)20(29)30/h3-11H,2,12-14H2,1H3;3-7,28H,2,8-9H2,1H3;1-4H,5H2,(H,21,22)/t36-;21-;/m00./s1. The molecule has 121 heavy (non-hydrogen) atoms. The number of carbonyl (C=O) groups is 6. The Hall–Kier alpha value is -16.9. The van der Waals surface area contributed by atoms with Gasteiger partial charge >= 0.3 is 23.9 Å². The maximum absolute atomic E-state index is 13.9. The maximum atomic E-state index is 13.9. The number of nitro groups is 8. The van der Waals surface area contributed by atoms with Crippen LogP contribution in [0.4, 0.5) is 55.1 Å². The average Bonchev–Trinajstić information content (AvgIpc) is 1.67. The molecule has 0 spiro atoms. The number of nitrogens with zero attached hydrogens (tertiary/aromatic N) is 14. The van der Waals surface area contributed by atoms with E-state index in [9.17, 15) is 124 Å². The highest BCUT2D eigenvalue weighted by Crippen LogP contribution is 2.53. The number of carboxylic acids is 1. The van der Waals surface area contributed by atoms with Crippen LogP contribution in [-0.2, 0) is 80.6 Å². The van der Waals surface area contributed by atoms with Crippen LogP contribution in [0.3, 0.4) is 0 Å². The highest BCUT2D eigenvalue weighted by atomic mass is 16.7. The second-order valence-corrected chi connectivity index (χ2v) is 26.6. The fraction of sp³-hybridized carbons (Fsp3) is 0.167. The first-order valence-corrected chi connectivity index (χ1v) is 34.5. The van der Waals surface area contributed by atoms with E-state index < -0.39 is 202 Å². The molecule has 2 aliphatic carbocycles. The van der Waals surface area contributed by atoms with Gasteiger partial charge in [-0.1, -0.05) is 24.2 Å². The van der Waals surface area contributed by atoms with Gasteiger partial charge in [-0.15, -0.1) is 0 Å². The molecule has 0 amide bonds. The molecule has 0 bridgehead atoms. The number of non-ortho nitro benzene ring substituents is 4. The Kier molecular flexibility index (Phi) is 20.3. The van der Waals surface area contributed by atoms with Crippen molar-refractivity contribution in [1.82, 2.24) is 19.1 Å². The molecule has 16 rings (SSSR count). The van der Waals surface area contributed by atoms with Gasteiger partial charge in [-0.25, -0.2) is 29.1 Å². The topological polar surface area (TPSA) is 647 Å². The first kappa shape index (κ1) is 80.7. The number of oxime groups is 2. The number of ether oxygens (including phenoxy) is 5. The molecule has 0 saturated heterocycles. The van der Waals surface area contributed by atoms with Gasteiger partial charge in [-0.2, -0.15) is 0 Å². The lowest BCUT2D eigenvalue weighted by molar-refractivity contribution is -0.395. The van der Waals surface area contributed by atoms with Crippen molar-refractivity contribution < 1.29 is 112 Å². The molecule has 0 unspecified atom stereocenters. The molecule has 4 aromatic heterocycles. The fourth-order valence-corrected chi connectivity index (χ4v) is 14.7. The van der Waals surface area contributed by atoms with Gasteiger partial charge in [0.1, 0.15) is 36.1 Å². The molecule has 2 atom stereocenters. The predicted molar refractivity (Wildman–Crippen MR) is 404 cm³/mol. The number of aliphatic carboxylic acids is 1. The van der Waals surface area contributed by atoms with Crippen molar-refractivity contribution in [3.8, 4) is 56.5 Å². The van der Waals surface area contributed by atoms with E-state index in [0.717, 1.165) is 35.2 Å². The van der Waals surface area contributed by atoms with E-state index in [0.29, 0.717) is 75.6 Å². The molecule has 4 aliphatic heterocycles. The monoisotopic (exact) mass is 1650 g/mol. The van der Waals surface area contributed by atoms with Crippen LogP contribution in [-0.4, -0.2) is 145 Å². The van der Waals surface area contributed by atoms with Crippen molar-refractivity contribution in [3.05, 3.63) is 266 Å². The number of benzene rings is 6. The highest BCUT2D eigenvalue weighted by Gasteiger charge is 2.52. The summed E-state index contributed by atoms with van der Waals surface area (Å²) in [6, 6.07) is 21.7. The molecule has 6 aromatic carbocycles. The molecule has 0 saturated carbocycles. The Labute approximate surface area is 669 Å². The Morgan fingerprint density at radius 1 is 0.488 bits per heavy atom. The van der Waals surface area contributed by atoms with E-state index in [1.165, 1.54) is 29.7 Å². The third-order valence-corrected chi connectivity index (χ3v) is 19.9. The Balaban J connectivity index is 0.000000164. The number of aromatic nitrogens is 4. The van der Waals surface area contributed by atoms with E-state index in [1.54, 1.807) is 47.9 Å². The summed E-state index contributed by atoms with van der Waals surface area (Å²) in [6.07, 6.45) is -0.174. The molecular weight excluding hydrogens is 1610 g/mol. The third kappa shape index (κ3) is 14.0. The Morgan fingerprint density at radius 2 is 0.851 bits per heavy atom. The van der Waals surface area contributed by atoms with Crippen LogP contribution in [0.25, 0.3) is 66.8 Å². The molecule has 10 aromatic rings. The van der Waals surface area contributed by atoms with Crippen molar-refractivity contribution in [2.75, 3.05) is 13.2 Å². The summed E-state index contributed by atoms with van der Waals surface area (Å²) in [6.45, 7) is 0.739. The van der Waals surface area contributed by atoms with Crippen molar-refractivity contribution in [2.24, 2.45) is 10.3 Å². The number of carbonyl (C=O) groups excluding carboxylic acids is 5. The summed E-state index contributed by atoms with van der Waals surface area (Å²) in [5, 5.41) is 121. The van der Waals surface area contributed by atoms with Crippen molar-refractivity contribution >= 4 is 130 Å². The summed E-state index contributed by atoms with van der Waals surface area (Å²) in [5.41, 5.74) is -11.6. The summed E-state index contributed by atoms with van der Waals surface area (Å²) in [7, 11) is 10.2. The highest BCUT2D eigenvalue weighted by molar-refractivity contribution is 6.55. The number of nitro benzene ring substituents is 8. The summed E-state index contributed by atoms with van der Waals surface area (Å²) >= 11 is 0. The van der Waals surface area contributed by atoms with Gasteiger partial charge in [-0.3, -0.25) is 100 Å². The number of carboxylic acid groups (broad SMARTS) is 1. The lowest BCUT2D eigenvalue weighted by Gasteiger charge is -2.35. The van der Waals surface area contributed by atoms with E-state index in [4.69, 9.17) is 54.3 Å². The SMILES string of the molecule is O=C(O)CON=C1c2cc([N+](=O)[O-])cc([N+](=O)[O-])c2-c2c1cc([N+](=O)[O-])cc2[N+](=O)[O-].[B]C(=O)Oc1ccc2nc3c(cc2c1)Cn1c-3cc2c(c1=O)COC(=O)[C@@]2(CC)OC(=O)CON=C1c2cc([N+](=O)[O-])cc([N+](=O)[O-])c2-c2c1cc([N+](=O)[O-])cc2[N+](=O)[O-].[B]C(=O)Oc1ccc2nc3c(cc2c1)Cn1c-3cc2c(c1=O)COC(=O)[C@]2(O)CC. The molecule has 0 fully saturated rings. The minimum Gasteiger partial charge on any atom is -0.479 e. The number of hydrogen-bond donors (Lipinski definition) is 2. The number of fused-ring (bicyclic) bond motifs is 16. The molecule has 2 N–H and O–H groups in total. The quantitative estimate of drug-likeness (QED) is 0.0253. The molecule has 8 heterocycles. The smallest absolute Gasteiger partial charge is 0.355 e. The number of hydrogen-bond acceptors (Lipinski definition) is 36. The van der Waals surface area contributed by atoms with Crippen molar-refractivity contribution in [3.63, 3.8) is 0 Å². The summed E-state index contributed by atoms with van der Waals surface area (Å²) in [4.78, 5) is 204. The van der Waals surface area contributed by atoms with E-state index in [2.05, 4.69) is 20.1 Å².